The first-order valence-corrected chi connectivity index (χ1v) is 7.86. The van der Waals surface area contributed by atoms with Crippen molar-refractivity contribution in [3.8, 4) is 5.75 Å². The molecule has 1 heterocycles. The molecule has 6 heteroatoms. The molecule has 0 atom stereocenters. The zero-order valence-electron chi connectivity index (χ0n) is 11.1. The highest BCUT2D eigenvalue weighted by Crippen LogP contribution is 2.35. The third-order valence-corrected chi connectivity index (χ3v) is 3.97. The van der Waals surface area contributed by atoms with Crippen LogP contribution in [0.4, 0.5) is 0 Å². The Hall–Kier alpha value is -1.40. The number of aliphatic carboxylic acids is 1. The first-order valence-electron chi connectivity index (χ1n) is 6.27. The summed E-state index contributed by atoms with van der Waals surface area (Å²) in [6, 6.07) is 7.56. The van der Waals surface area contributed by atoms with Crippen molar-refractivity contribution in [2.24, 2.45) is 0 Å². The summed E-state index contributed by atoms with van der Waals surface area (Å²) in [4.78, 5) is 14.7. The molecule has 21 heavy (non-hydrogen) atoms. The largest absolute Gasteiger partial charge is 0.486 e. The van der Waals surface area contributed by atoms with Crippen molar-refractivity contribution >= 4 is 37.8 Å². The number of nitrogens with zero attached hydrogens (tertiary/aromatic N) is 1. The van der Waals surface area contributed by atoms with Gasteiger partial charge >= 0.3 is 5.97 Å². The van der Waals surface area contributed by atoms with E-state index in [1.165, 1.54) is 0 Å². The Morgan fingerprint density at radius 1 is 1.24 bits per heavy atom. The van der Waals surface area contributed by atoms with Gasteiger partial charge in [0.25, 0.3) is 0 Å². The van der Waals surface area contributed by atoms with Crippen molar-refractivity contribution in [1.29, 1.82) is 0 Å². The summed E-state index contributed by atoms with van der Waals surface area (Å²) in [7, 11) is 0. The van der Waals surface area contributed by atoms with Gasteiger partial charge in [-0.1, -0.05) is 6.07 Å². The number of halogens is 2. The van der Waals surface area contributed by atoms with E-state index in [1.807, 2.05) is 24.3 Å². The van der Waals surface area contributed by atoms with Crippen molar-refractivity contribution in [2.75, 3.05) is 0 Å². The highest BCUT2D eigenvalue weighted by atomic mass is 79.9. The van der Waals surface area contributed by atoms with Gasteiger partial charge in [-0.15, -0.1) is 0 Å². The van der Waals surface area contributed by atoms with Crippen LogP contribution < -0.4 is 4.74 Å². The van der Waals surface area contributed by atoms with Gasteiger partial charge in [0.2, 0.25) is 0 Å². The van der Waals surface area contributed by atoms with Gasteiger partial charge in [0, 0.05) is 24.4 Å². The van der Waals surface area contributed by atoms with Crippen LogP contribution in [0.2, 0.25) is 0 Å². The van der Waals surface area contributed by atoms with Crippen molar-refractivity contribution in [2.45, 2.75) is 19.4 Å². The van der Waals surface area contributed by atoms with Gasteiger partial charge in [-0.2, -0.15) is 0 Å². The van der Waals surface area contributed by atoms with Crippen molar-refractivity contribution in [3.63, 3.8) is 0 Å². The van der Waals surface area contributed by atoms with E-state index in [2.05, 4.69) is 36.8 Å². The van der Waals surface area contributed by atoms with Crippen LogP contribution in [-0.2, 0) is 17.8 Å². The smallest absolute Gasteiger partial charge is 0.303 e. The van der Waals surface area contributed by atoms with E-state index >= 15 is 0 Å². The quantitative estimate of drug-likeness (QED) is 0.769. The average Bonchev–Trinajstić information content (AvgIpc) is 2.45. The molecule has 1 aromatic heterocycles. The third kappa shape index (κ3) is 4.82. The van der Waals surface area contributed by atoms with Gasteiger partial charge in [-0.25, -0.2) is 0 Å². The molecule has 0 unspecified atom stereocenters. The molecule has 0 bridgehead atoms. The van der Waals surface area contributed by atoms with Crippen LogP contribution >= 0.6 is 31.9 Å². The Bertz CT molecular complexity index is 609. The zero-order chi connectivity index (χ0) is 15.2. The molecule has 110 valence electrons. The fraction of sp³-hybridized carbons (Fsp3) is 0.200. The molecule has 0 saturated heterocycles. The third-order valence-electron chi connectivity index (χ3n) is 2.79. The number of carbonyl (C=O) groups is 1. The molecule has 0 aliphatic rings. The minimum atomic E-state index is -0.806. The maximum absolute atomic E-state index is 10.6. The molecule has 0 amide bonds. The average molecular weight is 415 g/mol. The number of aryl methyl sites for hydroxylation is 1. The second-order valence-corrected chi connectivity index (χ2v) is 6.14. The standard InChI is InChI=1S/C15H13Br2NO3/c16-12-6-10(3-4-14(19)20)7-13(17)15(12)21-9-11-2-1-5-18-8-11/h1-2,5-8H,3-4,9H2,(H,19,20). The van der Waals surface area contributed by atoms with E-state index in [9.17, 15) is 4.79 Å². The predicted octanol–water partition coefficient (Wildman–Crippen LogP) is 4.20. The van der Waals surface area contributed by atoms with Crippen molar-refractivity contribution < 1.29 is 14.6 Å². The van der Waals surface area contributed by atoms with Crippen LogP contribution in [0.15, 0.2) is 45.6 Å². The van der Waals surface area contributed by atoms with Gasteiger partial charge in [0.15, 0.2) is 0 Å². The van der Waals surface area contributed by atoms with E-state index in [0.717, 1.165) is 20.1 Å². The molecule has 0 radical (unpaired) electrons. The first-order chi connectivity index (χ1) is 10.1. The van der Waals surface area contributed by atoms with Crippen LogP contribution in [-0.4, -0.2) is 16.1 Å². The molecule has 1 N–H and O–H groups in total. The van der Waals surface area contributed by atoms with Gasteiger partial charge in [0.05, 0.1) is 8.95 Å². The van der Waals surface area contributed by atoms with Crippen LogP contribution in [0.1, 0.15) is 17.5 Å². The molecule has 0 fully saturated rings. The maximum atomic E-state index is 10.6. The van der Waals surface area contributed by atoms with E-state index in [-0.39, 0.29) is 6.42 Å². The Morgan fingerprint density at radius 3 is 2.52 bits per heavy atom. The van der Waals surface area contributed by atoms with E-state index in [1.54, 1.807) is 12.4 Å². The number of carboxylic acid groups (broad SMARTS) is 1. The predicted molar refractivity (Wildman–Crippen MR) is 86.4 cm³/mol. The van der Waals surface area contributed by atoms with Gasteiger partial charge in [0.1, 0.15) is 12.4 Å². The Morgan fingerprint density at radius 2 is 1.95 bits per heavy atom. The molecular weight excluding hydrogens is 402 g/mol. The minimum absolute atomic E-state index is 0.106. The van der Waals surface area contributed by atoms with Gasteiger partial charge < -0.3 is 9.84 Å². The highest BCUT2D eigenvalue weighted by molar-refractivity contribution is 9.11. The molecule has 0 saturated carbocycles. The number of carboxylic acids is 1. The van der Waals surface area contributed by atoms with Gasteiger partial charge in [-0.05, 0) is 62.0 Å². The SMILES string of the molecule is O=C(O)CCc1cc(Br)c(OCc2cccnc2)c(Br)c1. The Labute approximate surface area is 139 Å². The van der Waals surface area contributed by atoms with Crippen LogP contribution in [0.5, 0.6) is 5.75 Å². The summed E-state index contributed by atoms with van der Waals surface area (Å²) in [6.45, 7) is 0.416. The van der Waals surface area contributed by atoms with Crippen LogP contribution in [0.3, 0.4) is 0 Å². The second kappa shape index (κ2) is 7.56. The lowest BCUT2D eigenvalue weighted by Gasteiger charge is -2.12. The fourth-order valence-corrected chi connectivity index (χ4v) is 3.30. The molecule has 4 nitrogen and oxygen atoms in total. The maximum Gasteiger partial charge on any atom is 0.303 e. The molecular formula is C15H13Br2NO3. The number of rotatable bonds is 6. The molecule has 0 aliphatic heterocycles. The molecule has 2 rings (SSSR count). The normalized spacial score (nSPS) is 10.4. The zero-order valence-corrected chi connectivity index (χ0v) is 14.2. The number of benzene rings is 1. The summed E-state index contributed by atoms with van der Waals surface area (Å²) >= 11 is 6.92. The summed E-state index contributed by atoms with van der Waals surface area (Å²) in [5, 5.41) is 8.72. The number of ether oxygens (including phenoxy) is 1. The number of pyridine rings is 1. The highest BCUT2D eigenvalue weighted by Gasteiger charge is 2.10. The van der Waals surface area contributed by atoms with Crippen LogP contribution in [0.25, 0.3) is 0 Å². The molecule has 1 aromatic carbocycles. The minimum Gasteiger partial charge on any atom is -0.486 e. The first kappa shape index (κ1) is 16.0. The summed E-state index contributed by atoms with van der Waals surface area (Å²) in [5.41, 5.74) is 1.91. The lowest BCUT2D eigenvalue weighted by atomic mass is 10.1. The van der Waals surface area contributed by atoms with Crippen LogP contribution in [0, 0.1) is 0 Å². The van der Waals surface area contributed by atoms with Crippen molar-refractivity contribution in [1.82, 2.24) is 4.98 Å². The van der Waals surface area contributed by atoms with Crippen molar-refractivity contribution in [3.05, 3.63) is 56.7 Å². The van der Waals surface area contributed by atoms with E-state index in [4.69, 9.17) is 9.84 Å². The van der Waals surface area contributed by atoms with E-state index < -0.39 is 5.97 Å². The number of aromatic nitrogens is 1. The summed E-state index contributed by atoms with van der Waals surface area (Å²) < 4.78 is 7.37. The summed E-state index contributed by atoms with van der Waals surface area (Å²) in [5.74, 6) is -0.114. The Balaban J connectivity index is 2.08. The molecule has 0 aliphatic carbocycles. The number of hydrogen-bond acceptors (Lipinski definition) is 3. The lowest BCUT2D eigenvalue weighted by molar-refractivity contribution is -0.136. The molecule has 2 aromatic rings. The lowest BCUT2D eigenvalue weighted by Crippen LogP contribution is -2.00. The number of hydrogen-bond donors (Lipinski definition) is 1. The van der Waals surface area contributed by atoms with E-state index in [0.29, 0.717) is 18.8 Å². The Kier molecular flexibility index (Phi) is 5.76. The fourth-order valence-electron chi connectivity index (χ4n) is 1.78. The monoisotopic (exact) mass is 413 g/mol. The van der Waals surface area contributed by atoms with Gasteiger partial charge in [-0.3, -0.25) is 9.78 Å². The molecule has 0 spiro atoms. The second-order valence-electron chi connectivity index (χ2n) is 4.43. The summed E-state index contributed by atoms with van der Waals surface area (Å²) in [6.07, 6.45) is 4.06. The topological polar surface area (TPSA) is 59.4 Å².